The lowest BCUT2D eigenvalue weighted by molar-refractivity contribution is -0.159. The molecular weight excluding hydrogens is 376 g/mol. The SMILES string of the molecule is CCCNC(=O)[C@H](C)OC(=O)C1CCN(c2ncnc3sc(C)c(C)c23)CC1. The van der Waals surface area contributed by atoms with Gasteiger partial charge in [-0.05, 0) is 45.6 Å². The number of carbonyl (C=O) groups is 2. The number of aryl methyl sites for hydroxylation is 2. The molecule has 0 spiro atoms. The molecule has 0 saturated carbocycles. The number of nitrogens with one attached hydrogen (secondary N) is 1. The maximum Gasteiger partial charge on any atom is 0.309 e. The molecular formula is C20H28N4O3S. The lowest BCUT2D eigenvalue weighted by Gasteiger charge is -2.32. The van der Waals surface area contributed by atoms with Gasteiger partial charge in [-0.15, -0.1) is 11.3 Å². The zero-order valence-corrected chi connectivity index (χ0v) is 17.8. The number of hydrogen-bond acceptors (Lipinski definition) is 7. The number of piperidine rings is 1. The maximum absolute atomic E-state index is 12.5. The van der Waals surface area contributed by atoms with Crippen LogP contribution in [0.25, 0.3) is 10.2 Å². The molecule has 1 fully saturated rings. The smallest absolute Gasteiger partial charge is 0.309 e. The quantitative estimate of drug-likeness (QED) is 0.745. The first-order valence-corrected chi connectivity index (χ1v) is 10.7. The number of carbonyl (C=O) groups excluding carboxylic acids is 2. The van der Waals surface area contributed by atoms with Gasteiger partial charge in [0.25, 0.3) is 5.91 Å². The molecule has 0 aromatic carbocycles. The summed E-state index contributed by atoms with van der Waals surface area (Å²) in [6.45, 7) is 9.87. The van der Waals surface area contributed by atoms with Crippen molar-refractivity contribution in [1.82, 2.24) is 15.3 Å². The molecule has 1 aliphatic rings. The van der Waals surface area contributed by atoms with Gasteiger partial charge < -0.3 is 15.0 Å². The minimum Gasteiger partial charge on any atom is -0.452 e. The van der Waals surface area contributed by atoms with Gasteiger partial charge in [-0.1, -0.05) is 6.92 Å². The van der Waals surface area contributed by atoms with Crippen LogP contribution >= 0.6 is 11.3 Å². The van der Waals surface area contributed by atoms with Gasteiger partial charge in [-0.3, -0.25) is 9.59 Å². The summed E-state index contributed by atoms with van der Waals surface area (Å²) in [5, 5.41) is 3.87. The van der Waals surface area contributed by atoms with Crippen molar-refractivity contribution in [3.05, 3.63) is 16.8 Å². The summed E-state index contributed by atoms with van der Waals surface area (Å²) in [7, 11) is 0. The van der Waals surface area contributed by atoms with E-state index in [-0.39, 0.29) is 17.8 Å². The molecule has 2 aromatic heterocycles. The number of anilines is 1. The number of aromatic nitrogens is 2. The average Bonchev–Trinajstić information content (AvgIpc) is 3.00. The van der Waals surface area contributed by atoms with Crippen LogP contribution in [0.15, 0.2) is 6.33 Å². The fraction of sp³-hybridized carbons (Fsp3) is 0.600. The Bertz CT molecular complexity index is 858. The first-order valence-electron chi connectivity index (χ1n) is 9.86. The summed E-state index contributed by atoms with van der Waals surface area (Å²) in [5.41, 5.74) is 1.23. The second kappa shape index (κ2) is 8.86. The molecule has 3 rings (SSSR count). The predicted molar refractivity (Wildman–Crippen MR) is 111 cm³/mol. The molecule has 2 aromatic rings. The minimum atomic E-state index is -0.755. The lowest BCUT2D eigenvalue weighted by atomic mass is 9.96. The monoisotopic (exact) mass is 404 g/mol. The van der Waals surface area contributed by atoms with Gasteiger partial charge in [0.2, 0.25) is 0 Å². The van der Waals surface area contributed by atoms with Gasteiger partial charge in [0.05, 0.1) is 11.3 Å². The normalized spacial score (nSPS) is 16.2. The predicted octanol–water partition coefficient (Wildman–Crippen LogP) is 2.98. The van der Waals surface area contributed by atoms with Gasteiger partial charge in [0.1, 0.15) is 17.0 Å². The molecule has 3 heterocycles. The van der Waals surface area contributed by atoms with E-state index in [1.54, 1.807) is 24.6 Å². The van der Waals surface area contributed by atoms with Crippen molar-refractivity contribution in [3.8, 4) is 0 Å². The summed E-state index contributed by atoms with van der Waals surface area (Å²) in [6.07, 6.45) is 3.09. The standard InChI is InChI=1S/C20H28N4O3S/c1-5-8-21-18(25)13(3)27-20(26)15-6-9-24(10-7-15)17-16-12(2)14(4)28-19(16)23-11-22-17/h11,13,15H,5-10H2,1-4H3,(H,21,25)/t13-/m0/s1. The molecule has 7 nitrogen and oxygen atoms in total. The number of amides is 1. The Kier molecular flexibility index (Phi) is 6.49. The van der Waals surface area contributed by atoms with Crippen LogP contribution in [0.1, 0.15) is 43.6 Å². The van der Waals surface area contributed by atoms with Gasteiger partial charge in [0.15, 0.2) is 6.10 Å². The summed E-state index contributed by atoms with van der Waals surface area (Å²) >= 11 is 1.69. The van der Waals surface area contributed by atoms with Gasteiger partial charge >= 0.3 is 5.97 Å². The molecule has 8 heteroatoms. The van der Waals surface area contributed by atoms with E-state index in [2.05, 4.69) is 34.0 Å². The van der Waals surface area contributed by atoms with Gasteiger partial charge in [0, 0.05) is 24.5 Å². The van der Waals surface area contributed by atoms with Crippen LogP contribution in [-0.4, -0.2) is 47.6 Å². The van der Waals surface area contributed by atoms with Crippen LogP contribution < -0.4 is 10.2 Å². The minimum absolute atomic E-state index is 0.180. The third-order valence-corrected chi connectivity index (χ3v) is 6.40. The van der Waals surface area contributed by atoms with Crippen LogP contribution in [0, 0.1) is 19.8 Å². The van der Waals surface area contributed by atoms with Crippen LogP contribution in [0.5, 0.6) is 0 Å². The molecule has 1 saturated heterocycles. The second-order valence-electron chi connectivity index (χ2n) is 7.29. The Labute approximate surface area is 169 Å². The lowest BCUT2D eigenvalue weighted by Crippen LogP contribution is -2.41. The number of nitrogens with zero attached hydrogens (tertiary/aromatic N) is 3. The second-order valence-corrected chi connectivity index (χ2v) is 8.50. The van der Waals surface area contributed by atoms with Gasteiger partial charge in [-0.25, -0.2) is 9.97 Å². The molecule has 1 N–H and O–H groups in total. The fourth-order valence-electron chi connectivity index (χ4n) is 3.45. The molecule has 0 unspecified atom stereocenters. The van der Waals surface area contributed by atoms with Gasteiger partial charge in [-0.2, -0.15) is 0 Å². The highest BCUT2D eigenvalue weighted by molar-refractivity contribution is 7.18. The van der Waals surface area contributed by atoms with Crippen LogP contribution in [0.2, 0.25) is 0 Å². The third-order valence-electron chi connectivity index (χ3n) is 5.28. The maximum atomic E-state index is 12.5. The highest BCUT2D eigenvalue weighted by Gasteiger charge is 2.30. The van der Waals surface area contributed by atoms with E-state index in [1.165, 1.54) is 10.4 Å². The van der Waals surface area contributed by atoms with Crippen molar-refractivity contribution in [2.24, 2.45) is 5.92 Å². The van der Waals surface area contributed by atoms with E-state index in [0.29, 0.717) is 19.4 Å². The number of fused-ring (bicyclic) bond motifs is 1. The molecule has 152 valence electrons. The number of esters is 1. The Morgan fingerprint density at radius 2 is 2.04 bits per heavy atom. The number of ether oxygens (including phenoxy) is 1. The largest absolute Gasteiger partial charge is 0.452 e. The first kappa shape index (κ1) is 20.5. The van der Waals surface area contributed by atoms with E-state index in [9.17, 15) is 9.59 Å². The Morgan fingerprint density at radius 1 is 1.32 bits per heavy atom. The Hall–Kier alpha value is -2.22. The number of hydrogen-bond donors (Lipinski definition) is 1. The van der Waals surface area contributed by atoms with Crippen LogP contribution in [0.3, 0.4) is 0 Å². The van der Waals surface area contributed by atoms with Crippen molar-refractivity contribution in [2.75, 3.05) is 24.5 Å². The van der Waals surface area contributed by atoms with E-state index >= 15 is 0 Å². The van der Waals surface area contributed by atoms with E-state index in [4.69, 9.17) is 4.74 Å². The zero-order chi connectivity index (χ0) is 20.3. The topological polar surface area (TPSA) is 84.4 Å². The van der Waals surface area contributed by atoms with Crippen molar-refractivity contribution in [2.45, 2.75) is 53.1 Å². The summed E-state index contributed by atoms with van der Waals surface area (Å²) in [4.78, 5) is 37.8. The summed E-state index contributed by atoms with van der Waals surface area (Å²) in [6, 6.07) is 0. The first-order chi connectivity index (χ1) is 13.4. The van der Waals surface area contributed by atoms with Crippen LogP contribution in [0.4, 0.5) is 5.82 Å². The third kappa shape index (κ3) is 4.27. The zero-order valence-electron chi connectivity index (χ0n) is 16.9. The highest BCUT2D eigenvalue weighted by atomic mass is 32.1. The molecule has 0 aliphatic carbocycles. The summed E-state index contributed by atoms with van der Waals surface area (Å²) < 4.78 is 5.39. The van der Waals surface area contributed by atoms with E-state index in [0.717, 1.165) is 35.5 Å². The molecule has 0 radical (unpaired) electrons. The highest BCUT2D eigenvalue weighted by Crippen LogP contribution is 2.35. The summed E-state index contributed by atoms with van der Waals surface area (Å²) in [5.74, 6) is 0.250. The van der Waals surface area contributed by atoms with E-state index in [1.807, 2.05) is 6.92 Å². The molecule has 1 aliphatic heterocycles. The fourth-order valence-corrected chi connectivity index (χ4v) is 4.44. The Balaban J connectivity index is 1.60. The molecule has 28 heavy (non-hydrogen) atoms. The van der Waals surface area contributed by atoms with Crippen molar-refractivity contribution in [1.29, 1.82) is 0 Å². The van der Waals surface area contributed by atoms with E-state index < -0.39 is 6.10 Å². The molecule has 1 atom stereocenters. The average molecular weight is 405 g/mol. The van der Waals surface area contributed by atoms with Crippen molar-refractivity contribution >= 4 is 39.2 Å². The van der Waals surface area contributed by atoms with Crippen LogP contribution in [-0.2, 0) is 14.3 Å². The molecule has 0 bridgehead atoms. The number of thiophene rings is 1. The molecule has 1 amide bonds. The van der Waals surface area contributed by atoms with Crippen molar-refractivity contribution in [3.63, 3.8) is 0 Å². The van der Waals surface area contributed by atoms with Crippen molar-refractivity contribution < 1.29 is 14.3 Å². The Morgan fingerprint density at radius 3 is 2.71 bits per heavy atom. The number of rotatable bonds is 6.